The lowest BCUT2D eigenvalue weighted by Gasteiger charge is -2.40. The minimum absolute atomic E-state index is 0.00982. The molecule has 0 saturated carbocycles. The second kappa shape index (κ2) is 9.86. The zero-order chi connectivity index (χ0) is 21.6. The standard InChI is InChI=1S/C16H20N2O3S.C4H4O4/c19-15-11-22-16(17-15)5-7-18(8-6-16)9-12-10-20-13-3-1-2-4-14(13)21-12;5-3(6)1-2-4(7)8/h1-4,12H,5-11H2,(H,17,19);1-2H,(H,5,6)(H,7,8). The maximum atomic E-state index is 11.4. The van der Waals surface area contributed by atoms with Gasteiger partial charge in [0.25, 0.3) is 0 Å². The predicted molar refractivity (Wildman–Crippen MR) is 110 cm³/mol. The molecule has 4 rings (SSSR count). The molecular weight excluding hydrogens is 412 g/mol. The fourth-order valence-corrected chi connectivity index (χ4v) is 4.62. The van der Waals surface area contributed by atoms with E-state index in [1.54, 1.807) is 11.8 Å². The molecule has 1 aromatic rings. The Labute approximate surface area is 178 Å². The van der Waals surface area contributed by atoms with E-state index in [1.807, 2.05) is 24.3 Å². The van der Waals surface area contributed by atoms with Crippen LogP contribution in [0.2, 0.25) is 0 Å². The predicted octanol–water partition coefficient (Wildman–Crippen LogP) is 1.19. The molecule has 0 radical (unpaired) electrons. The number of carboxylic acid groups (broad SMARTS) is 2. The molecule has 1 unspecified atom stereocenters. The first-order chi connectivity index (χ1) is 14.3. The van der Waals surface area contributed by atoms with Gasteiger partial charge < -0.3 is 25.0 Å². The Balaban J connectivity index is 0.000000275. The van der Waals surface area contributed by atoms with Crippen LogP contribution in [0.1, 0.15) is 12.8 Å². The molecule has 2 saturated heterocycles. The van der Waals surface area contributed by atoms with Crippen LogP contribution in [0.3, 0.4) is 0 Å². The molecule has 1 aromatic carbocycles. The highest BCUT2D eigenvalue weighted by Gasteiger charge is 2.41. The number of amides is 1. The number of carboxylic acids is 2. The number of hydrogen-bond donors (Lipinski definition) is 3. The molecule has 162 valence electrons. The Morgan fingerprint density at radius 1 is 1.17 bits per heavy atom. The SMILES string of the molecule is O=C(O)C=CC(=O)O.O=C1CSC2(CCN(CC3COc4ccccc4O3)CC2)N1. The third kappa shape index (κ3) is 6.14. The van der Waals surface area contributed by atoms with Gasteiger partial charge in [0, 0.05) is 31.8 Å². The molecule has 0 bridgehead atoms. The van der Waals surface area contributed by atoms with Gasteiger partial charge in [-0.1, -0.05) is 12.1 Å². The summed E-state index contributed by atoms with van der Waals surface area (Å²) >= 11 is 1.77. The largest absolute Gasteiger partial charge is 0.486 e. The molecule has 3 heterocycles. The van der Waals surface area contributed by atoms with E-state index >= 15 is 0 Å². The van der Waals surface area contributed by atoms with Crippen molar-refractivity contribution in [3.05, 3.63) is 36.4 Å². The number of likely N-dealkylation sites (tertiary alicyclic amines) is 1. The lowest BCUT2D eigenvalue weighted by atomic mass is 10.0. The number of rotatable bonds is 4. The fraction of sp³-hybridized carbons (Fsp3) is 0.450. The number of thioether (sulfide) groups is 1. The van der Waals surface area contributed by atoms with E-state index in [0.717, 1.165) is 44.0 Å². The molecule has 2 fully saturated rings. The zero-order valence-electron chi connectivity index (χ0n) is 16.3. The highest BCUT2D eigenvalue weighted by molar-refractivity contribution is 8.01. The zero-order valence-corrected chi connectivity index (χ0v) is 17.1. The first kappa shape index (κ1) is 22.0. The monoisotopic (exact) mass is 436 g/mol. The second-order valence-corrected chi connectivity index (χ2v) is 8.50. The van der Waals surface area contributed by atoms with Gasteiger partial charge in [0.1, 0.15) is 12.7 Å². The Bertz CT molecular complexity index is 805. The van der Waals surface area contributed by atoms with Crippen LogP contribution in [0.25, 0.3) is 0 Å². The molecule has 1 atom stereocenters. The van der Waals surface area contributed by atoms with Crippen LogP contribution in [0, 0.1) is 0 Å². The molecule has 9 nitrogen and oxygen atoms in total. The maximum Gasteiger partial charge on any atom is 0.328 e. The molecule has 1 amide bonds. The van der Waals surface area contributed by atoms with Crippen molar-refractivity contribution in [2.45, 2.75) is 23.8 Å². The number of ether oxygens (including phenoxy) is 2. The summed E-state index contributed by atoms with van der Waals surface area (Å²) in [5.41, 5.74) is 0. The molecular formula is C20H24N2O7S. The Kier molecular flexibility index (Phi) is 7.22. The summed E-state index contributed by atoms with van der Waals surface area (Å²) in [7, 11) is 0. The third-order valence-corrected chi connectivity index (χ3v) is 6.38. The number of aliphatic carboxylic acids is 2. The highest BCUT2D eigenvalue weighted by atomic mass is 32.2. The average Bonchev–Trinajstić information content (AvgIpc) is 3.09. The van der Waals surface area contributed by atoms with Gasteiger partial charge in [-0.25, -0.2) is 9.59 Å². The Morgan fingerprint density at radius 3 is 2.37 bits per heavy atom. The lowest BCUT2D eigenvalue weighted by Crippen LogP contribution is -2.52. The van der Waals surface area contributed by atoms with Crippen LogP contribution in [-0.4, -0.2) is 75.9 Å². The van der Waals surface area contributed by atoms with E-state index in [4.69, 9.17) is 19.7 Å². The maximum absolute atomic E-state index is 11.4. The summed E-state index contributed by atoms with van der Waals surface area (Å²) < 4.78 is 11.8. The number of fused-ring (bicyclic) bond motifs is 1. The van der Waals surface area contributed by atoms with Crippen molar-refractivity contribution >= 4 is 29.6 Å². The molecule has 30 heavy (non-hydrogen) atoms. The summed E-state index contributed by atoms with van der Waals surface area (Å²) in [6.07, 6.45) is 3.21. The first-order valence-corrected chi connectivity index (χ1v) is 10.5. The second-order valence-electron chi connectivity index (χ2n) is 7.14. The number of para-hydroxylation sites is 2. The van der Waals surface area contributed by atoms with Gasteiger partial charge in [-0.05, 0) is 25.0 Å². The quantitative estimate of drug-likeness (QED) is 0.597. The minimum Gasteiger partial charge on any atom is -0.486 e. The molecule has 0 aromatic heterocycles. The van der Waals surface area contributed by atoms with E-state index in [0.29, 0.717) is 24.5 Å². The summed E-state index contributed by atoms with van der Waals surface area (Å²) in [5, 5.41) is 18.8. The summed E-state index contributed by atoms with van der Waals surface area (Å²) in [6.45, 7) is 3.47. The molecule has 1 spiro atoms. The van der Waals surface area contributed by atoms with Crippen LogP contribution in [-0.2, 0) is 14.4 Å². The van der Waals surface area contributed by atoms with Gasteiger partial charge in [-0.15, -0.1) is 11.8 Å². The topological polar surface area (TPSA) is 125 Å². The summed E-state index contributed by atoms with van der Waals surface area (Å²) in [5.74, 6) is -0.0535. The van der Waals surface area contributed by atoms with Gasteiger partial charge in [-0.2, -0.15) is 0 Å². The highest BCUT2D eigenvalue weighted by Crippen LogP contribution is 2.37. The van der Waals surface area contributed by atoms with Crippen molar-refractivity contribution in [2.75, 3.05) is 32.0 Å². The normalized spacial score (nSPS) is 22.3. The van der Waals surface area contributed by atoms with E-state index in [2.05, 4.69) is 10.2 Å². The van der Waals surface area contributed by atoms with Crippen molar-refractivity contribution in [2.24, 2.45) is 0 Å². The number of nitrogens with one attached hydrogen (secondary N) is 1. The lowest BCUT2D eigenvalue weighted by molar-refractivity contribution is -0.134. The minimum atomic E-state index is -1.26. The number of hydrogen-bond acceptors (Lipinski definition) is 7. The van der Waals surface area contributed by atoms with E-state index in [-0.39, 0.29) is 16.9 Å². The Hall–Kier alpha value is -2.72. The Morgan fingerprint density at radius 2 is 1.80 bits per heavy atom. The molecule has 0 aliphatic carbocycles. The van der Waals surface area contributed by atoms with E-state index in [1.165, 1.54) is 0 Å². The number of carbonyl (C=O) groups excluding carboxylic acids is 1. The van der Waals surface area contributed by atoms with Crippen molar-refractivity contribution in [3.63, 3.8) is 0 Å². The molecule has 3 N–H and O–H groups in total. The fourth-order valence-electron chi connectivity index (χ4n) is 3.48. The van der Waals surface area contributed by atoms with Gasteiger partial charge in [-0.3, -0.25) is 9.69 Å². The molecule has 10 heteroatoms. The first-order valence-electron chi connectivity index (χ1n) is 9.55. The summed E-state index contributed by atoms with van der Waals surface area (Å²) in [6, 6.07) is 7.82. The van der Waals surface area contributed by atoms with Crippen LogP contribution in [0.15, 0.2) is 36.4 Å². The van der Waals surface area contributed by atoms with E-state index in [9.17, 15) is 14.4 Å². The number of nitrogens with zero attached hydrogens (tertiary/aromatic N) is 1. The third-order valence-electron chi connectivity index (χ3n) is 4.91. The van der Waals surface area contributed by atoms with Crippen molar-refractivity contribution in [1.29, 1.82) is 0 Å². The number of carbonyl (C=O) groups is 3. The van der Waals surface area contributed by atoms with E-state index < -0.39 is 11.9 Å². The number of piperidine rings is 1. The van der Waals surface area contributed by atoms with Crippen LogP contribution >= 0.6 is 11.8 Å². The van der Waals surface area contributed by atoms with Gasteiger partial charge >= 0.3 is 11.9 Å². The van der Waals surface area contributed by atoms with Crippen molar-refractivity contribution in [1.82, 2.24) is 10.2 Å². The van der Waals surface area contributed by atoms with Gasteiger partial charge in [0.15, 0.2) is 11.5 Å². The van der Waals surface area contributed by atoms with Crippen LogP contribution in [0.4, 0.5) is 0 Å². The smallest absolute Gasteiger partial charge is 0.328 e. The van der Waals surface area contributed by atoms with Crippen LogP contribution in [0.5, 0.6) is 11.5 Å². The van der Waals surface area contributed by atoms with Crippen molar-refractivity contribution < 1.29 is 34.1 Å². The van der Waals surface area contributed by atoms with Crippen molar-refractivity contribution in [3.8, 4) is 11.5 Å². The average molecular weight is 436 g/mol. The number of benzene rings is 1. The molecule has 3 aliphatic rings. The van der Waals surface area contributed by atoms with Gasteiger partial charge in [0.2, 0.25) is 5.91 Å². The van der Waals surface area contributed by atoms with Gasteiger partial charge in [0.05, 0.1) is 10.6 Å². The molecule has 3 aliphatic heterocycles. The van der Waals surface area contributed by atoms with Crippen LogP contribution < -0.4 is 14.8 Å². The summed E-state index contributed by atoms with van der Waals surface area (Å²) in [4.78, 5) is 33.0.